The van der Waals surface area contributed by atoms with Gasteiger partial charge in [-0.15, -0.1) is 0 Å². The monoisotopic (exact) mass is 309 g/mol. The van der Waals surface area contributed by atoms with Gasteiger partial charge >= 0.3 is 0 Å². The molecule has 0 aliphatic carbocycles. The van der Waals surface area contributed by atoms with Crippen LogP contribution in [-0.2, 0) is 10.2 Å². The highest BCUT2D eigenvalue weighted by atomic mass is 32.2. The topological polar surface area (TPSA) is 80.5 Å². The van der Waals surface area contributed by atoms with Gasteiger partial charge < -0.3 is 4.90 Å². The Hall–Kier alpha value is -1.69. The zero-order valence-corrected chi connectivity index (χ0v) is 12.8. The maximum atomic E-state index is 12.3. The van der Waals surface area contributed by atoms with Gasteiger partial charge in [-0.3, -0.25) is 0 Å². The van der Waals surface area contributed by atoms with E-state index in [0.717, 1.165) is 5.82 Å². The van der Waals surface area contributed by atoms with E-state index in [1.165, 1.54) is 15.7 Å². The van der Waals surface area contributed by atoms with Crippen LogP contribution in [0.15, 0.2) is 24.4 Å². The zero-order chi connectivity index (χ0) is 15.3. The predicted octanol–water partition coefficient (Wildman–Crippen LogP) is 0.294. The molecule has 0 aromatic carbocycles. The molecular weight excluding hydrogens is 290 g/mol. The molecule has 0 amide bonds. The summed E-state index contributed by atoms with van der Waals surface area (Å²) in [6, 6.07) is 7.65. The van der Waals surface area contributed by atoms with Gasteiger partial charge in [-0.1, -0.05) is 6.07 Å². The molecule has 8 heteroatoms. The largest absolute Gasteiger partial charge is 0.354 e. The summed E-state index contributed by atoms with van der Waals surface area (Å²) >= 11 is 0. The molecule has 1 fully saturated rings. The van der Waals surface area contributed by atoms with Crippen LogP contribution in [0.4, 0.5) is 5.82 Å². The number of hydrogen-bond acceptors (Lipinski definition) is 5. The molecular formula is C13H19N5O2S. The Labute approximate surface area is 125 Å². The molecule has 0 radical (unpaired) electrons. The molecule has 21 heavy (non-hydrogen) atoms. The molecule has 114 valence electrons. The minimum atomic E-state index is -3.47. The van der Waals surface area contributed by atoms with E-state index in [4.69, 9.17) is 5.26 Å². The predicted molar refractivity (Wildman–Crippen MR) is 79.8 cm³/mol. The number of piperazine rings is 1. The van der Waals surface area contributed by atoms with Crippen molar-refractivity contribution in [2.75, 3.05) is 44.7 Å². The van der Waals surface area contributed by atoms with Crippen molar-refractivity contribution >= 4 is 16.0 Å². The molecule has 0 spiro atoms. The molecule has 1 aromatic rings. The molecule has 2 rings (SSSR count). The summed E-state index contributed by atoms with van der Waals surface area (Å²) in [5.74, 6) is 0.868. The van der Waals surface area contributed by atoms with Gasteiger partial charge in [0.2, 0.25) is 0 Å². The molecule has 1 aromatic heterocycles. The fourth-order valence-electron chi connectivity index (χ4n) is 2.21. The van der Waals surface area contributed by atoms with E-state index in [-0.39, 0.29) is 13.0 Å². The zero-order valence-electron chi connectivity index (χ0n) is 12.0. The molecule has 0 unspecified atom stereocenters. The fraction of sp³-hybridized carbons (Fsp3) is 0.538. The highest BCUT2D eigenvalue weighted by molar-refractivity contribution is 7.86. The third-order valence-electron chi connectivity index (χ3n) is 3.47. The SMILES string of the molecule is CN(CCC#N)S(=O)(=O)N1CCN(c2ccccn2)CC1. The van der Waals surface area contributed by atoms with Crippen LogP contribution >= 0.6 is 0 Å². The number of hydrogen-bond donors (Lipinski definition) is 0. The van der Waals surface area contributed by atoms with Crippen molar-refractivity contribution in [1.29, 1.82) is 5.26 Å². The normalized spacial score (nSPS) is 16.9. The Morgan fingerprint density at radius 3 is 2.62 bits per heavy atom. The molecule has 0 saturated carbocycles. The Bertz CT molecular complexity index is 591. The average Bonchev–Trinajstić information content (AvgIpc) is 2.53. The summed E-state index contributed by atoms with van der Waals surface area (Å²) < 4.78 is 27.4. The van der Waals surface area contributed by atoms with Crippen LogP contribution in [0.3, 0.4) is 0 Å². The number of aromatic nitrogens is 1. The third-order valence-corrected chi connectivity index (χ3v) is 5.46. The first kappa shape index (κ1) is 15.7. The van der Waals surface area contributed by atoms with Crippen LogP contribution in [0.2, 0.25) is 0 Å². The van der Waals surface area contributed by atoms with E-state index in [0.29, 0.717) is 26.2 Å². The molecule has 7 nitrogen and oxygen atoms in total. The van der Waals surface area contributed by atoms with Crippen LogP contribution in [0.25, 0.3) is 0 Å². The Kier molecular flexibility index (Phi) is 5.12. The van der Waals surface area contributed by atoms with Crippen LogP contribution in [0, 0.1) is 11.3 Å². The van der Waals surface area contributed by atoms with Crippen molar-refractivity contribution in [2.24, 2.45) is 0 Å². The first-order chi connectivity index (χ1) is 10.1. The van der Waals surface area contributed by atoms with Crippen LogP contribution < -0.4 is 4.90 Å². The summed E-state index contributed by atoms with van der Waals surface area (Å²) in [5.41, 5.74) is 0. The van der Waals surface area contributed by atoms with Gasteiger partial charge in [0, 0.05) is 52.4 Å². The lowest BCUT2D eigenvalue weighted by Crippen LogP contribution is -2.52. The number of rotatable bonds is 5. The summed E-state index contributed by atoms with van der Waals surface area (Å²) in [6.07, 6.45) is 1.93. The van der Waals surface area contributed by atoms with E-state index in [1.54, 1.807) is 6.20 Å². The lowest BCUT2D eigenvalue weighted by atomic mass is 10.3. The second-order valence-corrected chi connectivity index (χ2v) is 6.85. The molecule has 0 atom stereocenters. The summed E-state index contributed by atoms with van der Waals surface area (Å²) in [4.78, 5) is 6.35. The number of nitriles is 1. The van der Waals surface area contributed by atoms with Gasteiger partial charge in [-0.25, -0.2) is 4.98 Å². The highest BCUT2D eigenvalue weighted by Crippen LogP contribution is 2.16. The molecule has 2 heterocycles. The van der Waals surface area contributed by atoms with Crippen molar-refractivity contribution in [1.82, 2.24) is 13.6 Å². The van der Waals surface area contributed by atoms with Crippen molar-refractivity contribution in [3.05, 3.63) is 24.4 Å². The second-order valence-electron chi connectivity index (χ2n) is 4.81. The maximum absolute atomic E-state index is 12.3. The van der Waals surface area contributed by atoms with Crippen molar-refractivity contribution < 1.29 is 8.42 Å². The molecule has 1 saturated heterocycles. The molecule has 0 bridgehead atoms. The van der Waals surface area contributed by atoms with E-state index in [1.807, 2.05) is 24.3 Å². The number of nitrogens with zero attached hydrogens (tertiary/aromatic N) is 5. The van der Waals surface area contributed by atoms with Gasteiger partial charge in [0.25, 0.3) is 10.2 Å². The van der Waals surface area contributed by atoms with E-state index >= 15 is 0 Å². The summed E-state index contributed by atoms with van der Waals surface area (Å²) in [5, 5.41) is 8.55. The third kappa shape index (κ3) is 3.69. The quantitative estimate of drug-likeness (QED) is 0.781. The smallest absolute Gasteiger partial charge is 0.281 e. The van der Waals surface area contributed by atoms with Crippen LogP contribution in [-0.4, -0.2) is 61.8 Å². The van der Waals surface area contributed by atoms with Gasteiger partial charge in [-0.2, -0.15) is 22.3 Å². The second kappa shape index (κ2) is 6.85. The van der Waals surface area contributed by atoms with Crippen molar-refractivity contribution in [3.8, 4) is 6.07 Å². The van der Waals surface area contributed by atoms with Gasteiger partial charge in [-0.05, 0) is 12.1 Å². The van der Waals surface area contributed by atoms with Gasteiger partial charge in [0.15, 0.2) is 0 Å². The van der Waals surface area contributed by atoms with Crippen molar-refractivity contribution in [2.45, 2.75) is 6.42 Å². The maximum Gasteiger partial charge on any atom is 0.281 e. The van der Waals surface area contributed by atoms with E-state index < -0.39 is 10.2 Å². The lowest BCUT2D eigenvalue weighted by molar-refractivity contribution is 0.343. The van der Waals surface area contributed by atoms with Gasteiger partial charge in [0.05, 0.1) is 6.07 Å². The first-order valence-electron chi connectivity index (χ1n) is 6.80. The average molecular weight is 309 g/mol. The Morgan fingerprint density at radius 2 is 2.05 bits per heavy atom. The van der Waals surface area contributed by atoms with Gasteiger partial charge in [0.1, 0.15) is 5.82 Å². The lowest BCUT2D eigenvalue weighted by Gasteiger charge is -2.36. The number of pyridine rings is 1. The standard InChI is InChI=1S/C13H19N5O2S/c1-16(8-4-6-14)21(19,20)18-11-9-17(10-12-18)13-5-2-3-7-15-13/h2-3,5,7H,4,8-12H2,1H3. The molecule has 1 aliphatic heterocycles. The summed E-state index contributed by atoms with van der Waals surface area (Å²) in [6.45, 7) is 2.30. The minimum absolute atomic E-state index is 0.198. The first-order valence-corrected chi connectivity index (χ1v) is 8.20. The Morgan fingerprint density at radius 1 is 1.33 bits per heavy atom. The molecule has 1 aliphatic rings. The molecule has 0 N–H and O–H groups in total. The van der Waals surface area contributed by atoms with Crippen molar-refractivity contribution in [3.63, 3.8) is 0 Å². The van der Waals surface area contributed by atoms with E-state index in [9.17, 15) is 8.42 Å². The Balaban J connectivity index is 1.96. The van der Waals surface area contributed by atoms with Crippen LogP contribution in [0.1, 0.15) is 6.42 Å². The highest BCUT2D eigenvalue weighted by Gasteiger charge is 2.30. The van der Waals surface area contributed by atoms with Crippen LogP contribution in [0.5, 0.6) is 0 Å². The fourth-order valence-corrected chi connectivity index (χ4v) is 3.55. The number of anilines is 1. The minimum Gasteiger partial charge on any atom is -0.354 e. The summed E-state index contributed by atoms with van der Waals surface area (Å²) in [7, 11) is -1.96. The van der Waals surface area contributed by atoms with E-state index in [2.05, 4.69) is 9.88 Å².